The van der Waals surface area contributed by atoms with E-state index in [0.717, 1.165) is 12.0 Å². The number of pyridine rings is 1. The highest BCUT2D eigenvalue weighted by molar-refractivity contribution is 6.32. The third-order valence-corrected chi connectivity index (χ3v) is 10.6. The standard InChI is InChI=1S/C40H46ClF3N10O6/c1-21(2)34(53-39(58)59-4)38(57)54-13-5-6-31(54)35-48-19-29(51-35)24-9-7-23(8-10-24)26-14-27(41)28(15-32(26)60-40(42,43)44)52-36(55)25-11-12-33(47-17-25)46-16-22(3)50-37(56)30-18-45-20-49-30/h7,9,11-12,14,17-22,31-32,34H,5-6,8,10,13,15-16H2,1-4H3,(H,45,49)(H,46,47)(H,48,51)(H,50,56)(H,52,55)(H,53,58). The fraction of sp³-hybridized carbons (Fsp3) is 0.425. The van der Waals surface area contributed by atoms with Gasteiger partial charge in [-0.2, -0.15) is 0 Å². The number of nitrogens with zero attached hydrogens (tertiary/aromatic N) is 4. The topological polar surface area (TPSA) is 208 Å². The van der Waals surface area contributed by atoms with Crippen LogP contribution in [0.2, 0.25) is 0 Å². The zero-order valence-electron chi connectivity index (χ0n) is 33.3. The van der Waals surface area contributed by atoms with Gasteiger partial charge in [0.25, 0.3) is 11.8 Å². The first-order valence-electron chi connectivity index (χ1n) is 19.4. The van der Waals surface area contributed by atoms with E-state index < -0.39 is 30.5 Å². The highest BCUT2D eigenvalue weighted by Gasteiger charge is 2.39. The van der Waals surface area contributed by atoms with Crippen molar-refractivity contribution >= 4 is 46.8 Å². The number of alkyl halides is 3. The van der Waals surface area contributed by atoms with Crippen molar-refractivity contribution in [3.8, 4) is 0 Å². The largest absolute Gasteiger partial charge is 0.523 e. The molecule has 60 heavy (non-hydrogen) atoms. The number of alkyl carbamates (subject to hydrolysis) is 1. The summed E-state index contributed by atoms with van der Waals surface area (Å²) in [5.41, 5.74) is 2.91. The molecule has 3 aromatic rings. The molecule has 4 amide bonds. The molecule has 6 rings (SSSR count). The Bertz CT molecular complexity index is 2180. The molecule has 3 aliphatic rings. The number of amides is 4. The molecule has 0 saturated carbocycles. The number of anilines is 1. The van der Waals surface area contributed by atoms with Gasteiger partial charge < -0.3 is 40.9 Å². The molecule has 1 saturated heterocycles. The van der Waals surface area contributed by atoms with Crippen LogP contribution in [0.5, 0.6) is 0 Å². The fourth-order valence-corrected chi connectivity index (χ4v) is 7.42. The summed E-state index contributed by atoms with van der Waals surface area (Å²) >= 11 is 6.60. The first-order valence-corrected chi connectivity index (χ1v) is 19.7. The minimum atomic E-state index is -4.97. The first kappa shape index (κ1) is 43.6. The maximum Gasteiger partial charge on any atom is 0.523 e. The van der Waals surface area contributed by atoms with Crippen LogP contribution in [0.25, 0.3) is 5.57 Å². The van der Waals surface area contributed by atoms with Gasteiger partial charge in [-0.3, -0.25) is 19.1 Å². The number of carbonyl (C=O) groups excluding carboxylic acids is 4. The molecule has 0 aromatic carbocycles. The number of aromatic amines is 2. The second-order valence-corrected chi connectivity index (χ2v) is 15.3. The Labute approximate surface area is 348 Å². The van der Waals surface area contributed by atoms with Crippen molar-refractivity contribution in [3.05, 3.63) is 99.9 Å². The van der Waals surface area contributed by atoms with Crippen LogP contribution in [0.3, 0.4) is 0 Å². The molecular weight excluding hydrogens is 809 g/mol. The molecule has 320 valence electrons. The van der Waals surface area contributed by atoms with E-state index in [0.29, 0.717) is 61.0 Å². The second-order valence-electron chi connectivity index (χ2n) is 14.9. The predicted molar refractivity (Wildman–Crippen MR) is 214 cm³/mol. The average Bonchev–Trinajstić information content (AvgIpc) is 4.03. The minimum Gasteiger partial charge on any atom is -0.453 e. The Balaban J connectivity index is 1.11. The lowest BCUT2D eigenvalue weighted by Crippen LogP contribution is -2.51. The summed E-state index contributed by atoms with van der Waals surface area (Å²) in [7, 11) is 1.24. The Kier molecular flexibility index (Phi) is 13.8. The number of methoxy groups -OCH3 is 1. The number of hydrogen-bond donors (Lipinski definition) is 6. The molecule has 0 bridgehead atoms. The third kappa shape index (κ3) is 10.8. The van der Waals surface area contributed by atoms with Crippen molar-refractivity contribution in [2.45, 2.75) is 83.5 Å². The van der Waals surface area contributed by atoms with Crippen LogP contribution < -0.4 is 21.3 Å². The van der Waals surface area contributed by atoms with Gasteiger partial charge in [0, 0.05) is 37.4 Å². The van der Waals surface area contributed by atoms with Gasteiger partial charge in [0.05, 0.1) is 54.3 Å². The number of allylic oxidation sites excluding steroid dienone is 5. The normalized spacial score (nSPS) is 19.2. The zero-order chi connectivity index (χ0) is 43.1. The van der Waals surface area contributed by atoms with E-state index in [2.05, 4.69) is 50.9 Å². The number of ether oxygens (including phenoxy) is 2. The van der Waals surface area contributed by atoms with Crippen LogP contribution in [0, 0.1) is 5.92 Å². The van der Waals surface area contributed by atoms with Gasteiger partial charge in [-0.25, -0.2) is 19.7 Å². The number of imidazole rings is 2. The molecule has 2 aliphatic carbocycles. The molecule has 3 aromatic heterocycles. The molecule has 20 heteroatoms. The molecule has 4 heterocycles. The molecule has 1 fully saturated rings. The fourth-order valence-electron chi connectivity index (χ4n) is 7.18. The number of halogens is 4. The summed E-state index contributed by atoms with van der Waals surface area (Å²) in [5.74, 6) is -0.339. The lowest BCUT2D eigenvalue weighted by atomic mass is 9.86. The molecule has 1 aliphatic heterocycles. The van der Waals surface area contributed by atoms with Crippen LogP contribution in [-0.2, 0) is 14.3 Å². The van der Waals surface area contributed by atoms with Gasteiger partial charge in [0.1, 0.15) is 23.4 Å². The number of carbonyl (C=O) groups is 4. The minimum absolute atomic E-state index is 0.0570. The Morgan fingerprint density at radius 2 is 1.78 bits per heavy atom. The molecule has 4 atom stereocenters. The van der Waals surface area contributed by atoms with Crippen molar-refractivity contribution in [2.24, 2.45) is 5.92 Å². The van der Waals surface area contributed by atoms with Gasteiger partial charge in [0.15, 0.2) is 0 Å². The van der Waals surface area contributed by atoms with Crippen LogP contribution >= 0.6 is 11.6 Å². The third-order valence-electron chi connectivity index (χ3n) is 10.3. The van der Waals surface area contributed by atoms with E-state index >= 15 is 0 Å². The van der Waals surface area contributed by atoms with Gasteiger partial charge in [0.2, 0.25) is 5.91 Å². The summed E-state index contributed by atoms with van der Waals surface area (Å²) in [5, 5.41) is 11.2. The average molecular weight is 855 g/mol. The molecular formula is C40H46ClF3N10O6. The van der Waals surface area contributed by atoms with Crippen LogP contribution in [-0.4, -0.2) is 98.4 Å². The quantitative estimate of drug-likeness (QED) is 0.111. The number of H-pyrrole nitrogens is 2. The van der Waals surface area contributed by atoms with Crippen molar-refractivity contribution < 1.29 is 41.8 Å². The summed E-state index contributed by atoms with van der Waals surface area (Å²) in [6, 6.07) is 1.67. The van der Waals surface area contributed by atoms with E-state index in [1.807, 2.05) is 13.8 Å². The van der Waals surface area contributed by atoms with Gasteiger partial charge >= 0.3 is 12.5 Å². The van der Waals surface area contributed by atoms with Crippen molar-refractivity contribution in [3.63, 3.8) is 0 Å². The van der Waals surface area contributed by atoms with Crippen LogP contribution in [0.15, 0.2) is 77.2 Å². The number of aromatic nitrogens is 5. The highest BCUT2D eigenvalue weighted by Crippen LogP contribution is 2.40. The summed E-state index contributed by atoms with van der Waals surface area (Å²) < 4.78 is 50.5. The molecule has 6 N–H and O–H groups in total. The second kappa shape index (κ2) is 19.0. The van der Waals surface area contributed by atoms with Crippen molar-refractivity contribution in [2.75, 3.05) is 25.5 Å². The summed E-state index contributed by atoms with van der Waals surface area (Å²) in [6.45, 7) is 6.30. The molecule has 16 nitrogen and oxygen atoms in total. The van der Waals surface area contributed by atoms with E-state index in [1.165, 1.54) is 38.0 Å². The Morgan fingerprint density at radius 3 is 2.43 bits per heavy atom. The zero-order valence-corrected chi connectivity index (χ0v) is 34.0. The van der Waals surface area contributed by atoms with Gasteiger partial charge in [-0.15, -0.1) is 13.2 Å². The number of likely N-dealkylation sites (tertiary alicyclic amines) is 1. The highest BCUT2D eigenvalue weighted by atomic mass is 35.5. The number of hydrogen-bond acceptors (Lipinski definition) is 10. The molecule has 4 unspecified atom stereocenters. The number of nitrogens with one attached hydrogen (secondary N) is 6. The number of rotatable bonds is 14. The van der Waals surface area contributed by atoms with Crippen LogP contribution in [0.1, 0.15) is 91.3 Å². The van der Waals surface area contributed by atoms with Crippen molar-refractivity contribution in [1.29, 1.82) is 0 Å². The molecule has 0 radical (unpaired) electrons. The maximum absolute atomic E-state index is 13.7. The van der Waals surface area contributed by atoms with Gasteiger partial charge in [-0.05, 0) is 73.5 Å². The SMILES string of the molecule is COC(=O)NC(C(=O)N1CCCC1c1ncc(C2=CC=C(C3=CC(Cl)=C(NC(=O)c4ccc(NCC(C)NC(=O)c5cnc[nH]5)nc4)CC3OC(F)(F)F)CC2)[nH]1)C(C)C. The smallest absolute Gasteiger partial charge is 0.453 e. The summed E-state index contributed by atoms with van der Waals surface area (Å²) in [4.78, 5) is 71.3. The molecule has 0 spiro atoms. The predicted octanol–water partition coefficient (Wildman–Crippen LogP) is 6.02. The lowest BCUT2D eigenvalue weighted by Gasteiger charge is -2.30. The van der Waals surface area contributed by atoms with E-state index in [1.54, 1.807) is 36.2 Å². The maximum atomic E-state index is 13.7. The van der Waals surface area contributed by atoms with E-state index in [-0.39, 0.29) is 58.1 Å². The van der Waals surface area contributed by atoms with E-state index in [9.17, 15) is 32.3 Å². The Morgan fingerprint density at radius 1 is 1.02 bits per heavy atom. The lowest BCUT2D eigenvalue weighted by molar-refractivity contribution is -0.337. The monoisotopic (exact) mass is 854 g/mol. The van der Waals surface area contributed by atoms with Crippen molar-refractivity contribution in [1.82, 2.24) is 45.8 Å². The van der Waals surface area contributed by atoms with E-state index in [4.69, 9.17) is 16.3 Å². The van der Waals surface area contributed by atoms with Crippen LogP contribution in [0.4, 0.5) is 23.8 Å². The van der Waals surface area contributed by atoms with Gasteiger partial charge in [-0.1, -0.05) is 37.6 Å². The first-order chi connectivity index (χ1) is 28.6. The summed E-state index contributed by atoms with van der Waals surface area (Å²) in [6.07, 6.45) is 5.43. The Hall–Kier alpha value is -5.95.